The Balaban J connectivity index is 2.10. The number of rotatable bonds is 5. The van der Waals surface area contributed by atoms with E-state index in [1.807, 2.05) is 7.05 Å². The fourth-order valence-corrected chi connectivity index (χ4v) is 2.67. The van der Waals surface area contributed by atoms with Crippen LogP contribution in [0.15, 0.2) is 46.9 Å². The summed E-state index contributed by atoms with van der Waals surface area (Å²) in [6.45, 7) is 3.91. The molecule has 20 heavy (non-hydrogen) atoms. The average molecular weight is 333 g/mol. The van der Waals surface area contributed by atoms with Gasteiger partial charge in [0.25, 0.3) is 0 Å². The lowest BCUT2D eigenvalue weighted by Gasteiger charge is -2.20. The maximum atomic E-state index is 3.64. The van der Waals surface area contributed by atoms with Crippen molar-refractivity contribution in [2.75, 3.05) is 19.0 Å². The lowest BCUT2D eigenvalue weighted by Crippen LogP contribution is -2.16. The van der Waals surface area contributed by atoms with E-state index in [2.05, 4.69) is 82.6 Å². The van der Waals surface area contributed by atoms with Gasteiger partial charge < -0.3 is 10.2 Å². The molecule has 2 nitrogen and oxygen atoms in total. The Morgan fingerprint density at radius 1 is 1.10 bits per heavy atom. The quantitative estimate of drug-likeness (QED) is 0.886. The largest absolute Gasteiger partial charge is 0.370 e. The lowest BCUT2D eigenvalue weighted by atomic mass is 10.1. The fraction of sp³-hybridized carbons (Fsp3) is 0.294. The topological polar surface area (TPSA) is 15.3 Å². The summed E-state index contributed by atoms with van der Waals surface area (Å²) in [5.74, 6) is 0. The molecule has 2 aromatic carbocycles. The number of benzene rings is 2. The van der Waals surface area contributed by atoms with E-state index in [1.165, 1.54) is 22.4 Å². The molecule has 2 aromatic rings. The van der Waals surface area contributed by atoms with Gasteiger partial charge in [0.2, 0.25) is 0 Å². The van der Waals surface area contributed by atoms with E-state index in [1.54, 1.807) is 0 Å². The van der Waals surface area contributed by atoms with Gasteiger partial charge in [-0.05, 0) is 37.2 Å². The zero-order valence-electron chi connectivity index (χ0n) is 12.3. The van der Waals surface area contributed by atoms with E-state index in [4.69, 9.17) is 0 Å². The molecule has 0 amide bonds. The van der Waals surface area contributed by atoms with Crippen LogP contribution in [0, 0.1) is 6.92 Å². The molecule has 0 radical (unpaired) electrons. The predicted molar refractivity (Wildman–Crippen MR) is 90.2 cm³/mol. The van der Waals surface area contributed by atoms with Crippen LogP contribution in [0.5, 0.6) is 0 Å². The number of nitrogens with zero attached hydrogens (tertiary/aromatic N) is 1. The molecular formula is C17H21BrN2. The van der Waals surface area contributed by atoms with Crippen molar-refractivity contribution >= 4 is 21.6 Å². The molecule has 3 heteroatoms. The van der Waals surface area contributed by atoms with Crippen molar-refractivity contribution in [1.82, 2.24) is 5.32 Å². The SMILES string of the molecule is CNCc1ccc(N(C)Cc2ccc(C)cc2)cc1Br. The van der Waals surface area contributed by atoms with E-state index in [0.29, 0.717) is 0 Å². The van der Waals surface area contributed by atoms with Crippen LogP contribution in [-0.4, -0.2) is 14.1 Å². The Morgan fingerprint density at radius 3 is 2.40 bits per heavy atom. The number of anilines is 1. The zero-order chi connectivity index (χ0) is 14.5. The molecule has 0 unspecified atom stereocenters. The third-order valence-corrected chi connectivity index (χ3v) is 4.12. The Bertz CT molecular complexity index is 564. The first kappa shape index (κ1) is 15.1. The second-order valence-corrected chi connectivity index (χ2v) is 6.00. The van der Waals surface area contributed by atoms with Crippen LogP contribution in [0.25, 0.3) is 0 Å². The number of nitrogens with one attached hydrogen (secondary N) is 1. The summed E-state index contributed by atoms with van der Waals surface area (Å²) in [5, 5.41) is 3.18. The molecule has 0 saturated carbocycles. The molecule has 1 N–H and O–H groups in total. The molecule has 0 saturated heterocycles. The van der Waals surface area contributed by atoms with Crippen molar-refractivity contribution in [3.63, 3.8) is 0 Å². The number of aryl methyl sites for hydroxylation is 1. The van der Waals surface area contributed by atoms with E-state index >= 15 is 0 Å². The molecule has 106 valence electrons. The Hall–Kier alpha value is -1.32. The minimum atomic E-state index is 0.878. The molecule has 2 rings (SSSR count). The number of hydrogen-bond donors (Lipinski definition) is 1. The minimum absolute atomic E-state index is 0.878. The summed E-state index contributed by atoms with van der Waals surface area (Å²) in [5.41, 5.74) is 5.13. The van der Waals surface area contributed by atoms with Crippen molar-refractivity contribution in [3.05, 3.63) is 63.6 Å². The van der Waals surface area contributed by atoms with Crippen LogP contribution in [0.4, 0.5) is 5.69 Å². The molecule has 0 spiro atoms. The first-order chi connectivity index (χ1) is 9.60. The van der Waals surface area contributed by atoms with Gasteiger partial charge in [0, 0.05) is 30.3 Å². The van der Waals surface area contributed by atoms with Crippen molar-refractivity contribution in [2.45, 2.75) is 20.0 Å². The van der Waals surface area contributed by atoms with Crippen LogP contribution in [0.3, 0.4) is 0 Å². The maximum Gasteiger partial charge on any atom is 0.0426 e. The van der Waals surface area contributed by atoms with E-state index < -0.39 is 0 Å². The second kappa shape index (κ2) is 6.91. The van der Waals surface area contributed by atoms with Gasteiger partial charge in [-0.2, -0.15) is 0 Å². The highest BCUT2D eigenvalue weighted by Gasteiger charge is 2.05. The first-order valence-corrected chi connectivity index (χ1v) is 7.59. The summed E-state index contributed by atoms with van der Waals surface area (Å²) in [6.07, 6.45) is 0. The molecule has 0 atom stereocenters. The second-order valence-electron chi connectivity index (χ2n) is 5.15. The molecule has 0 aliphatic heterocycles. The van der Waals surface area contributed by atoms with Gasteiger partial charge in [0.1, 0.15) is 0 Å². The van der Waals surface area contributed by atoms with Crippen LogP contribution >= 0.6 is 15.9 Å². The van der Waals surface area contributed by atoms with Gasteiger partial charge in [-0.15, -0.1) is 0 Å². The molecule has 0 bridgehead atoms. The van der Waals surface area contributed by atoms with Crippen LogP contribution < -0.4 is 10.2 Å². The molecule has 0 heterocycles. The highest BCUT2D eigenvalue weighted by Crippen LogP contribution is 2.24. The van der Waals surface area contributed by atoms with Gasteiger partial charge in [0.05, 0.1) is 0 Å². The maximum absolute atomic E-state index is 3.64. The minimum Gasteiger partial charge on any atom is -0.370 e. The van der Waals surface area contributed by atoms with Crippen LogP contribution in [0.2, 0.25) is 0 Å². The number of halogens is 1. The lowest BCUT2D eigenvalue weighted by molar-refractivity contribution is 0.813. The summed E-state index contributed by atoms with van der Waals surface area (Å²) in [6, 6.07) is 15.2. The zero-order valence-corrected chi connectivity index (χ0v) is 13.9. The standard InChI is InChI=1S/C17H21BrN2/c1-13-4-6-14(7-5-13)12-20(3)16-9-8-15(11-19-2)17(18)10-16/h4-10,19H,11-12H2,1-3H3. The van der Waals surface area contributed by atoms with Gasteiger partial charge in [0.15, 0.2) is 0 Å². The van der Waals surface area contributed by atoms with Crippen LogP contribution in [0.1, 0.15) is 16.7 Å². The fourth-order valence-electron chi connectivity index (χ4n) is 2.17. The Kier molecular flexibility index (Phi) is 5.21. The van der Waals surface area contributed by atoms with Gasteiger partial charge >= 0.3 is 0 Å². The van der Waals surface area contributed by atoms with E-state index in [-0.39, 0.29) is 0 Å². The average Bonchev–Trinajstić information content (AvgIpc) is 2.44. The highest BCUT2D eigenvalue weighted by atomic mass is 79.9. The number of hydrogen-bond acceptors (Lipinski definition) is 2. The normalized spacial score (nSPS) is 10.6. The summed E-state index contributed by atoms with van der Waals surface area (Å²) < 4.78 is 1.15. The van der Waals surface area contributed by atoms with Gasteiger partial charge in [-0.3, -0.25) is 0 Å². The third kappa shape index (κ3) is 3.84. The van der Waals surface area contributed by atoms with Crippen molar-refractivity contribution in [3.8, 4) is 0 Å². The predicted octanol–water partition coefficient (Wildman–Crippen LogP) is 4.11. The molecule has 0 fully saturated rings. The summed E-state index contributed by atoms with van der Waals surface area (Å²) in [4.78, 5) is 2.26. The monoisotopic (exact) mass is 332 g/mol. The van der Waals surface area contributed by atoms with E-state index in [0.717, 1.165) is 17.6 Å². The summed E-state index contributed by atoms with van der Waals surface area (Å²) >= 11 is 3.64. The third-order valence-electron chi connectivity index (χ3n) is 3.38. The summed E-state index contributed by atoms with van der Waals surface area (Å²) in [7, 11) is 4.09. The van der Waals surface area contributed by atoms with Crippen molar-refractivity contribution in [2.24, 2.45) is 0 Å². The highest BCUT2D eigenvalue weighted by molar-refractivity contribution is 9.10. The van der Waals surface area contributed by atoms with Crippen molar-refractivity contribution < 1.29 is 0 Å². The Morgan fingerprint density at radius 2 is 1.80 bits per heavy atom. The first-order valence-electron chi connectivity index (χ1n) is 6.80. The van der Waals surface area contributed by atoms with Crippen molar-refractivity contribution in [1.29, 1.82) is 0 Å². The van der Waals surface area contributed by atoms with E-state index in [9.17, 15) is 0 Å². The van der Waals surface area contributed by atoms with Gasteiger partial charge in [-0.25, -0.2) is 0 Å². The Labute approximate surface area is 129 Å². The molecular weight excluding hydrogens is 312 g/mol. The van der Waals surface area contributed by atoms with Crippen LogP contribution in [-0.2, 0) is 13.1 Å². The molecule has 0 aromatic heterocycles. The van der Waals surface area contributed by atoms with Gasteiger partial charge in [-0.1, -0.05) is 51.8 Å². The molecule has 0 aliphatic carbocycles. The molecule has 0 aliphatic rings. The smallest absolute Gasteiger partial charge is 0.0426 e.